The molecule has 0 radical (unpaired) electrons. The number of rotatable bonds is 0. The van der Waals surface area contributed by atoms with E-state index in [4.69, 9.17) is 11.5 Å². The van der Waals surface area contributed by atoms with Crippen LogP contribution in [0.25, 0.3) is 0 Å². The van der Waals surface area contributed by atoms with Crippen molar-refractivity contribution in [2.75, 3.05) is 11.5 Å². The molecule has 0 fully saturated rings. The molecule has 0 aliphatic carbocycles. The topological polar surface area (TPSA) is 64.9 Å². The molecule has 0 saturated carbocycles. The summed E-state index contributed by atoms with van der Waals surface area (Å²) in [6.07, 6.45) is 0. The van der Waals surface area contributed by atoms with Crippen molar-refractivity contribution in [1.29, 1.82) is 0 Å². The maximum atomic E-state index is 5.54. The lowest BCUT2D eigenvalue weighted by Gasteiger charge is -2.02. The van der Waals surface area contributed by atoms with Crippen LogP contribution in [-0.4, -0.2) is 4.98 Å². The molecule has 54 valence electrons. The third-order valence-corrected chi connectivity index (χ3v) is 1.67. The Balaban J connectivity index is 3.31. The van der Waals surface area contributed by atoms with E-state index in [1.807, 2.05) is 13.0 Å². The second-order valence-corrected chi connectivity index (χ2v) is 2.87. The van der Waals surface area contributed by atoms with Gasteiger partial charge in [-0.1, -0.05) is 0 Å². The lowest BCUT2D eigenvalue weighted by atomic mass is 10.2. The summed E-state index contributed by atoms with van der Waals surface area (Å²) >= 11 is 3.20. The van der Waals surface area contributed by atoms with Crippen LogP contribution in [0.5, 0.6) is 0 Å². The van der Waals surface area contributed by atoms with E-state index in [2.05, 4.69) is 20.9 Å². The molecule has 1 aromatic heterocycles. The molecule has 0 aliphatic heterocycles. The normalized spacial score (nSPS) is 9.80. The van der Waals surface area contributed by atoms with Gasteiger partial charge in [0, 0.05) is 0 Å². The fourth-order valence-corrected chi connectivity index (χ4v) is 1.20. The first-order valence-corrected chi connectivity index (χ1v) is 3.58. The average Bonchev–Trinajstić information content (AvgIpc) is 1.82. The van der Waals surface area contributed by atoms with E-state index in [9.17, 15) is 0 Å². The van der Waals surface area contributed by atoms with Crippen molar-refractivity contribution in [3.8, 4) is 0 Å². The average molecular weight is 202 g/mol. The Labute approximate surface area is 67.6 Å². The number of hydrogen-bond donors (Lipinski definition) is 2. The largest absolute Gasteiger partial charge is 0.396 e. The van der Waals surface area contributed by atoms with Crippen LogP contribution in [-0.2, 0) is 0 Å². The van der Waals surface area contributed by atoms with Gasteiger partial charge in [-0.25, -0.2) is 4.98 Å². The highest BCUT2D eigenvalue weighted by Crippen LogP contribution is 2.20. The summed E-state index contributed by atoms with van der Waals surface area (Å²) in [6.45, 7) is 1.89. The zero-order valence-corrected chi connectivity index (χ0v) is 7.14. The van der Waals surface area contributed by atoms with Crippen LogP contribution in [0.15, 0.2) is 10.7 Å². The first-order valence-electron chi connectivity index (χ1n) is 2.79. The Morgan fingerprint density at radius 3 is 2.60 bits per heavy atom. The highest BCUT2D eigenvalue weighted by Gasteiger charge is 2.00. The van der Waals surface area contributed by atoms with Crippen molar-refractivity contribution < 1.29 is 0 Å². The van der Waals surface area contributed by atoms with Gasteiger partial charge in [-0.15, -0.1) is 0 Å². The zero-order valence-electron chi connectivity index (χ0n) is 5.56. The molecule has 0 amide bonds. The van der Waals surface area contributed by atoms with Gasteiger partial charge >= 0.3 is 0 Å². The van der Waals surface area contributed by atoms with Crippen LogP contribution >= 0.6 is 15.9 Å². The standard InChI is InChI=1S/C6H8BrN3/c1-3-2-4(7)10-6(9)5(3)8/h2H,8H2,1H3,(H2,9,10). The van der Waals surface area contributed by atoms with E-state index in [0.29, 0.717) is 11.5 Å². The molecule has 3 nitrogen and oxygen atoms in total. The molecular formula is C6H8BrN3. The summed E-state index contributed by atoms with van der Waals surface area (Å²) in [7, 11) is 0. The van der Waals surface area contributed by atoms with Gasteiger partial charge in [0.1, 0.15) is 10.4 Å². The summed E-state index contributed by atoms with van der Waals surface area (Å²) in [5.74, 6) is 0.381. The zero-order chi connectivity index (χ0) is 7.72. The third kappa shape index (κ3) is 1.21. The maximum absolute atomic E-state index is 5.54. The number of pyridine rings is 1. The number of nitrogen functional groups attached to an aromatic ring is 2. The van der Waals surface area contributed by atoms with Crippen LogP contribution < -0.4 is 11.5 Å². The predicted octanol–water partition coefficient (Wildman–Crippen LogP) is 1.32. The van der Waals surface area contributed by atoms with E-state index < -0.39 is 0 Å². The molecule has 1 heterocycles. The maximum Gasteiger partial charge on any atom is 0.148 e. The van der Waals surface area contributed by atoms with Crippen LogP contribution in [0.2, 0.25) is 0 Å². The number of nitrogens with two attached hydrogens (primary N) is 2. The van der Waals surface area contributed by atoms with E-state index >= 15 is 0 Å². The number of hydrogen-bond acceptors (Lipinski definition) is 3. The van der Waals surface area contributed by atoms with Crippen LogP contribution in [0.4, 0.5) is 11.5 Å². The Morgan fingerprint density at radius 1 is 1.50 bits per heavy atom. The minimum atomic E-state index is 0.381. The Morgan fingerprint density at radius 2 is 2.10 bits per heavy atom. The summed E-state index contributed by atoms with van der Waals surface area (Å²) in [6, 6.07) is 1.83. The van der Waals surface area contributed by atoms with Gasteiger partial charge in [0.15, 0.2) is 0 Å². The molecule has 0 aromatic carbocycles. The third-order valence-electron chi connectivity index (χ3n) is 1.26. The Kier molecular flexibility index (Phi) is 1.80. The molecular weight excluding hydrogens is 194 g/mol. The van der Waals surface area contributed by atoms with E-state index in [-0.39, 0.29) is 0 Å². The van der Waals surface area contributed by atoms with Gasteiger partial charge < -0.3 is 11.5 Å². The van der Waals surface area contributed by atoms with Crippen molar-refractivity contribution in [3.05, 3.63) is 16.2 Å². The monoisotopic (exact) mass is 201 g/mol. The molecule has 1 rings (SSSR count). The fourth-order valence-electron chi connectivity index (χ4n) is 0.666. The van der Waals surface area contributed by atoms with Gasteiger partial charge in [0.25, 0.3) is 0 Å². The van der Waals surface area contributed by atoms with Crippen molar-refractivity contribution in [2.45, 2.75) is 6.92 Å². The number of aromatic nitrogens is 1. The molecule has 0 aliphatic rings. The quantitative estimate of drug-likeness (QED) is 0.623. The lowest BCUT2D eigenvalue weighted by Crippen LogP contribution is -2.00. The molecule has 0 atom stereocenters. The minimum Gasteiger partial charge on any atom is -0.396 e. The van der Waals surface area contributed by atoms with Crippen LogP contribution in [0, 0.1) is 6.92 Å². The van der Waals surface area contributed by atoms with E-state index in [1.165, 1.54) is 0 Å². The SMILES string of the molecule is Cc1cc(Br)nc(N)c1N. The number of halogens is 1. The lowest BCUT2D eigenvalue weighted by molar-refractivity contribution is 1.26. The number of aryl methyl sites for hydroxylation is 1. The molecule has 0 saturated heterocycles. The molecule has 4 heteroatoms. The summed E-state index contributed by atoms with van der Waals surface area (Å²) < 4.78 is 0.719. The van der Waals surface area contributed by atoms with Crippen molar-refractivity contribution in [1.82, 2.24) is 4.98 Å². The predicted molar refractivity (Wildman–Crippen MR) is 45.5 cm³/mol. The summed E-state index contributed by atoms with van der Waals surface area (Å²) in [5, 5.41) is 0. The molecule has 4 N–H and O–H groups in total. The van der Waals surface area contributed by atoms with Gasteiger partial charge in [-0.2, -0.15) is 0 Å². The summed E-state index contributed by atoms with van der Waals surface area (Å²) in [4.78, 5) is 3.90. The van der Waals surface area contributed by atoms with Crippen molar-refractivity contribution in [3.63, 3.8) is 0 Å². The highest BCUT2D eigenvalue weighted by atomic mass is 79.9. The Hall–Kier alpha value is -0.770. The van der Waals surface area contributed by atoms with Crippen LogP contribution in [0.3, 0.4) is 0 Å². The molecule has 0 bridgehead atoms. The first-order chi connectivity index (χ1) is 4.61. The molecule has 0 spiro atoms. The highest BCUT2D eigenvalue weighted by molar-refractivity contribution is 9.10. The second kappa shape index (κ2) is 2.46. The second-order valence-electron chi connectivity index (χ2n) is 2.06. The van der Waals surface area contributed by atoms with Gasteiger partial charge in [-0.3, -0.25) is 0 Å². The van der Waals surface area contributed by atoms with E-state index in [0.717, 1.165) is 10.2 Å². The van der Waals surface area contributed by atoms with Crippen molar-refractivity contribution in [2.24, 2.45) is 0 Å². The minimum absolute atomic E-state index is 0.381. The van der Waals surface area contributed by atoms with Gasteiger partial charge in [-0.05, 0) is 34.5 Å². The molecule has 0 unspecified atom stereocenters. The fraction of sp³-hybridized carbons (Fsp3) is 0.167. The molecule has 10 heavy (non-hydrogen) atoms. The smallest absolute Gasteiger partial charge is 0.148 e. The summed E-state index contributed by atoms with van der Waals surface area (Å²) in [5.41, 5.74) is 12.5. The first kappa shape index (κ1) is 7.34. The number of nitrogens with zero attached hydrogens (tertiary/aromatic N) is 1. The Bertz CT molecular complexity index is 236. The molecule has 1 aromatic rings. The van der Waals surface area contributed by atoms with Gasteiger partial charge in [0.2, 0.25) is 0 Å². The van der Waals surface area contributed by atoms with Crippen LogP contribution in [0.1, 0.15) is 5.56 Å². The van der Waals surface area contributed by atoms with Gasteiger partial charge in [0.05, 0.1) is 5.69 Å². The van der Waals surface area contributed by atoms with Crippen molar-refractivity contribution >= 4 is 27.4 Å². The van der Waals surface area contributed by atoms with E-state index in [1.54, 1.807) is 0 Å². The number of anilines is 2.